The third kappa shape index (κ3) is 5.64. The highest BCUT2D eigenvalue weighted by atomic mass is 32.2. The van der Waals surface area contributed by atoms with Gasteiger partial charge < -0.3 is 10.4 Å². The van der Waals surface area contributed by atoms with Crippen LogP contribution in [-0.4, -0.2) is 39.7 Å². The maximum Gasteiger partial charge on any atom is 0.324 e. The van der Waals surface area contributed by atoms with Crippen LogP contribution in [0.15, 0.2) is 12.4 Å². The van der Waals surface area contributed by atoms with Crippen molar-refractivity contribution in [3.8, 4) is 5.88 Å². The van der Waals surface area contributed by atoms with Crippen LogP contribution in [0.3, 0.4) is 0 Å². The lowest BCUT2D eigenvalue weighted by molar-refractivity contribution is 0.248. The summed E-state index contributed by atoms with van der Waals surface area (Å²) in [5, 5.41) is 11.8. The highest BCUT2D eigenvalue weighted by Gasteiger charge is 2.02. The summed E-state index contributed by atoms with van der Waals surface area (Å²) >= 11 is 2.97. The number of hydrogen-bond donors (Lipinski definition) is 3. The van der Waals surface area contributed by atoms with Crippen LogP contribution < -0.4 is 10.0 Å². The van der Waals surface area contributed by atoms with Crippen LogP contribution in [0.4, 0.5) is 4.79 Å². The minimum absolute atomic E-state index is 0.0175. The quantitative estimate of drug-likeness (QED) is 0.530. The first-order valence-electron chi connectivity index (χ1n) is 4.90. The highest BCUT2D eigenvalue weighted by Crippen LogP contribution is 2.17. The summed E-state index contributed by atoms with van der Waals surface area (Å²) in [4.78, 5) is 18.6. The third-order valence-electron chi connectivity index (χ3n) is 1.71. The molecule has 0 fully saturated rings. The zero-order valence-electron chi connectivity index (χ0n) is 9.34. The van der Waals surface area contributed by atoms with Gasteiger partial charge in [0.2, 0.25) is 5.88 Å². The lowest BCUT2D eigenvalue weighted by Gasteiger charge is -2.03. The van der Waals surface area contributed by atoms with Gasteiger partial charge in [0.15, 0.2) is 0 Å². The van der Waals surface area contributed by atoms with Gasteiger partial charge in [-0.3, -0.25) is 9.71 Å². The van der Waals surface area contributed by atoms with Gasteiger partial charge in [0.05, 0.1) is 0 Å². The number of carbonyl (C=O) groups is 1. The summed E-state index contributed by atoms with van der Waals surface area (Å²) in [6, 6.07) is -0.202. The lowest BCUT2D eigenvalue weighted by Crippen LogP contribution is -2.27. The number of hydrogen-bond acceptors (Lipinski definition) is 6. The number of thioether (sulfide) groups is 1. The molecule has 1 rings (SSSR count). The molecule has 0 atom stereocenters. The van der Waals surface area contributed by atoms with Crippen molar-refractivity contribution in [2.75, 3.05) is 18.6 Å². The third-order valence-corrected chi connectivity index (χ3v) is 3.68. The van der Waals surface area contributed by atoms with Crippen LogP contribution in [0.2, 0.25) is 0 Å². The maximum absolute atomic E-state index is 10.8. The summed E-state index contributed by atoms with van der Waals surface area (Å²) in [5.41, 5.74) is 0.585. The lowest BCUT2D eigenvalue weighted by atomic mass is 10.5. The van der Waals surface area contributed by atoms with Crippen molar-refractivity contribution in [1.29, 1.82) is 0 Å². The molecule has 0 saturated carbocycles. The average molecular weight is 274 g/mol. The average Bonchev–Trinajstić information content (AvgIpc) is 2.35. The zero-order chi connectivity index (χ0) is 12.5. The van der Waals surface area contributed by atoms with E-state index in [9.17, 15) is 9.90 Å². The summed E-state index contributed by atoms with van der Waals surface area (Å²) in [7, 11) is 1.57. The van der Waals surface area contributed by atoms with Crippen molar-refractivity contribution >= 4 is 29.7 Å². The molecule has 0 bridgehead atoms. The van der Waals surface area contributed by atoms with E-state index in [1.54, 1.807) is 25.0 Å². The van der Waals surface area contributed by atoms with E-state index in [4.69, 9.17) is 0 Å². The van der Waals surface area contributed by atoms with Gasteiger partial charge in [-0.1, -0.05) is 0 Å². The zero-order valence-corrected chi connectivity index (χ0v) is 11.0. The molecule has 0 aromatic carbocycles. The number of aromatic nitrogens is 2. The fourth-order valence-electron chi connectivity index (χ4n) is 0.898. The molecular weight excluding hydrogens is 260 g/mol. The maximum atomic E-state index is 10.8. The van der Waals surface area contributed by atoms with Crippen molar-refractivity contribution in [2.24, 2.45) is 0 Å². The Morgan fingerprint density at radius 2 is 2.18 bits per heavy atom. The second kappa shape index (κ2) is 8.02. The molecule has 0 aliphatic carbocycles. The van der Waals surface area contributed by atoms with Gasteiger partial charge in [-0.15, -0.1) is 0 Å². The van der Waals surface area contributed by atoms with E-state index in [0.29, 0.717) is 11.4 Å². The van der Waals surface area contributed by atoms with Gasteiger partial charge in [-0.2, -0.15) is 11.8 Å². The summed E-state index contributed by atoms with van der Waals surface area (Å²) in [6.07, 6.45) is 3.00. The number of aromatic hydroxyl groups is 1. The molecule has 8 heteroatoms. The van der Waals surface area contributed by atoms with Gasteiger partial charge in [0.25, 0.3) is 0 Å². The molecule has 0 aliphatic heterocycles. The second-order valence-electron chi connectivity index (χ2n) is 2.91. The van der Waals surface area contributed by atoms with E-state index in [0.717, 1.165) is 11.5 Å². The van der Waals surface area contributed by atoms with E-state index in [-0.39, 0.29) is 11.9 Å². The van der Waals surface area contributed by atoms with Crippen LogP contribution >= 0.6 is 23.7 Å². The Kier molecular flexibility index (Phi) is 6.56. The van der Waals surface area contributed by atoms with Crippen LogP contribution in [0.1, 0.15) is 5.69 Å². The smallest absolute Gasteiger partial charge is 0.324 e. The minimum atomic E-state index is -0.202. The number of carbonyl (C=O) groups excluding carboxylic acids is 1. The molecule has 6 nitrogen and oxygen atoms in total. The van der Waals surface area contributed by atoms with E-state index in [2.05, 4.69) is 20.0 Å². The molecule has 94 valence electrons. The molecular formula is C9H14N4O2S2. The van der Waals surface area contributed by atoms with Gasteiger partial charge in [-0.05, 0) is 11.9 Å². The Morgan fingerprint density at radius 1 is 1.41 bits per heavy atom. The van der Waals surface area contributed by atoms with E-state index in [1.165, 1.54) is 18.1 Å². The number of urea groups is 1. The molecule has 3 N–H and O–H groups in total. The van der Waals surface area contributed by atoms with Crippen molar-refractivity contribution < 1.29 is 9.90 Å². The standard InChI is InChI=1S/C9H14N4O2S2/c1-10-9(15)13-17-5-4-16-6-7-8(14)12-3-2-11-7/h2-3H,4-6H2,1H3,(H,12,14)(H2,10,13,15). The molecule has 0 radical (unpaired) electrons. The monoisotopic (exact) mass is 274 g/mol. The highest BCUT2D eigenvalue weighted by molar-refractivity contribution is 8.01. The normalized spacial score (nSPS) is 9.94. The second-order valence-corrected chi connectivity index (χ2v) is 4.92. The van der Waals surface area contributed by atoms with Crippen molar-refractivity contribution in [1.82, 2.24) is 20.0 Å². The number of nitrogens with one attached hydrogen (secondary N) is 2. The van der Waals surface area contributed by atoms with Crippen LogP contribution in [-0.2, 0) is 5.75 Å². The Hall–Kier alpha value is -1.15. The Morgan fingerprint density at radius 3 is 2.88 bits per heavy atom. The van der Waals surface area contributed by atoms with Gasteiger partial charge in [0, 0.05) is 36.7 Å². The molecule has 1 aromatic heterocycles. The van der Waals surface area contributed by atoms with E-state index >= 15 is 0 Å². The summed E-state index contributed by atoms with van der Waals surface area (Å²) in [5.74, 6) is 2.24. The molecule has 17 heavy (non-hydrogen) atoms. The van der Waals surface area contributed by atoms with Gasteiger partial charge >= 0.3 is 6.03 Å². The Bertz CT molecular complexity index is 365. The van der Waals surface area contributed by atoms with Crippen molar-refractivity contribution in [3.63, 3.8) is 0 Å². The fraction of sp³-hybridized carbons (Fsp3) is 0.444. The molecule has 0 unspecified atom stereocenters. The molecule has 0 spiro atoms. The molecule has 1 heterocycles. The topological polar surface area (TPSA) is 87.1 Å². The Labute approximate surface area is 108 Å². The molecule has 0 aliphatic rings. The first-order chi connectivity index (χ1) is 8.24. The fourth-order valence-corrected chi connectivity index (χ4v) is 2.58. The SMILES string of the molecule is CNC(=O)NSCCSCc1nccnc1O. The van der Waals surface area contributed by atoms with Crippen molar-refractivity contribution in [2.45, 2.75) is 5.75 Å². The van der Waals surface area contributed by atoms with Gasteiger partial charge in [0.1, 0.15) is 5.69 Å². The van der Waals surface area contributed by atoms with Crippen molar-refractivity contribution in [3.05, 3.63) is 18.1 Å². The van der Waals surface area contributed by atoms with Gasteiger partial charge in [-0.25, -0.2) is 9.78 Å². The summed E-state index contributed by atoms with van der Waals surface area (Å²) in [6.45, 7) is 0. The van der Waals surface area contributed by atoms with E-state index < -0.39 is 0 Å². The molecule has 0 saturated heterocycles. The number of amides is 2. The van der Waals surface area contributed by atoms with Crippen LogP contribution in [0.25, 0.3) is 0 Å². The van der Waals surface area contributed by atoms with E-state index in [1.807, 2.05) is 0 Å². The largest absolute Gasteiger partial charge is 0.492 e. The Balaban J connectivity index is 2.09. The first kappa shape index (κ1) is 13.9. The number of rotatable bonds is 6. The van der Waals surface area contributed by atoms with Crippen LogP contribution in [0, 0.1) is 0 Å². The predicted octanol–water partition coefficient (Wildman–Crippen LogP) is 0.993. The first-order valence-corrected chi connectivity index (χ1v) is 7.04. The predicted molar refractivity (Wildman–Crippen MR) is 69.9 cm³/mol. The summed E-state index contributed by atoms with van der Waals surface area (Å²) < 4.78 is 2.62. The van der Waals surface area contributed by atoms with Crippen LogP contribution in [0.5, 0.6) is 5.88 Å². The molecule has 2 amide bonds. The molecule has 1 aromatic rings. The number of nitrogens with zero attached hydrogens (tertiary/aromatic N) is 2. The minimum Gasteiger partial charge on any atom is -0.492 e.